The van der Waals surface area contributed by atoms with Gasteiger partial charge in [-0.05, 0) is 37.5 Å². The highest BCUT2D eigenvalue weighted by Gasteiger charge is 2.11. The Morgan fingerprint density at radius 1 is 1.26 bits per heavy atom. The van der Waals surface area contributed by atoms with Gasteiger partial charge in [0.25, 0.3) is 0 Å². The largest absolute Gasteiger partial charge is 0.376 e. The third-order valence-electron chi connectivity index (χ3n) is 3.04. The molecule has 1 aromatic carbocycles. The molecule has 0 fully saturated rings. The average Bonchev–Trinajstić information content (AvgIpc) is 2.40. The van der Waals surface area contributed by atoms with E-state index in [0.29, 0.717) is 6.54 Å². The molecule has 0 atom stereocenters. The second kappa shape index (κ2) is 8.05. The van der Waals surface area contributed by atoms with Crippen LogP contribution < -0.4 is 5.32 Å². The van der Waals surface area contributed by atoms with Crippen molar-refractivity contribution in [2.75, 3.05) is 25.0 Å². The number of hydrogen-bond donors (Lipinski definition) is 1. The van der Waals surface area contributed by atoms with Crippen molar-refractivity contribution < 1.29 is 4.79 Å². The zero-order chi connectivity index (χ0) is 14.3. The summed E-state index contributed by atoms with van der Waals surface area (Å²) in [6.07, 6.45) is 1.98. The molecule has 0 saturated carbocycles. The Balaban J connectivity index is 2.59. The van der Waals surface area contributed by atoms with Gasteiger partial charge in [0.1, 0.15) is 0 Å². The minimum absolute atomic E-state index is 0.142. The normalized spacial score (nSPS) is 10.3. The van der Waals surface area contributed by atoms with Gasteiger partial charge in [0.05, 0.1) is 6.54 Å². The van der Waals surface area contributed by atoms with Gasteiger partial charge in [0.15, 0.2) is 0 Å². The molecule has 1 amide bonds. The van der Waals surface area contributed by atoms with E-state index in [9.17, 15) is 4.79 Å². The van der Waals surface area contributed by atoms with E-state index in [-0.39, 0.29) is 5.91 Å². The molecule has 0 aliphatic heterocycles. The van der Waals surface area contributed by atoms with Gasteiger partial charge in [-0.2, -0.15) is 0 Å². The van der Waals surface area contributed by atoms with E-state index in [4.69, 9.17) is 11.6 Å². The number of hydrogen-bond acceptors (Lipinski definition) is 2. The first-order chi connectivity index (χ1) is 9.10. The molecule has 1 rings (SSSR count). The van der Waals surface area contributed by atoms with Gasteiger partial charge in [-0.1, -0.05) is 31.5 Å². The fraction of sp³-hybridized carbons (Fsp3) is 0.533. The first-order valence-electron chi connectivity index (χ1n) is 6.86. The maximum absolute atomic E-state index is 12.1. The van der Waals surface area contributed by atoms with Crippen LogP contribution in [-0.2, 0) is 4.79 Å². The molecule has 0 bridgehead atoms. The second-order valence-corrected chi connectivity index (χ2v) is 5.05. The molecule has 4 heteroatoms. The average molecular weight is 283 g/mol. The Morgan fingerprint density at radius 2 is 1.89 bits per heavy atom. The summed E-state index contributed by atoms with van der Waals surface area (Å²) >= 11 is 6.06. The molecule has 0 aromatic heterocycles. The van der Waals surface area contributed by atoms with Crippen LogP contribution in [0.4, 0.5) is 5.69 Å². The van der Waals surface area contributed by atoms with E-state index in [1.54, 1.807) is 0 Å². The standard InChI is InChI=1S/C15H23ClN2O/c1-4-9-18(10-5-2)15(19)11-17-14-8-6-7-13(16)12(14)3/h6-8,17H,4-5,9-11H2,1-3H3. The Labute approximate surface area is 120 Å². The van der Waals surface area contributed by atoms with Gasteiger partial charge < -0.3 is 10.2 Å². The Bertz CT molecular complexity index is 415. The third kappa shape index (κ3) is 4.75. The minimum atomic E-state index is 0.142. The molecule has 0 unspecified atom stereocenters. The maximum Gasteiger partial charge on any atom is 0.241 e. The maximum atomic E-state index is 12.1. The molecule has 106 valence electrons. The van der Waals surface area contributed by atoms with Crippen molar-refractivity contribution in [3.8, 4) is 0 Å². The predicted octanol–water partition coefficient (Wildman–Crippen LogP) is 3.71. The van der Waals surface area contributed by atoms with E-state index >= 15 is 0 Å². The SMILES string of the molecule is CCCN(CCC)C(=O)CNc1cccc(Cl)c1C. The topological polar surface area (TPSA) is 32.3 Å². The molecule has 1 N–H and O–H groups in total. The van der Waals surface area contributed by atoms with Crippen molar-refractivity contribution in [3.05, 3.63) is 28.8 Å². The second-order valence-electron chi connectivity index (χ2n) is 4.65. The van der Waals surface area contributed by atoms with Crippen molar-refractivity contribution in [1.29, 1.82) is 0 Å². The Hall–Kier alpha value is -1.22. The number of carbonyl (C=O) groups is 1. The summed E-state index contributed by atoms with van der Waals surface area (Å²) in [6.45, 7) is 8.09. The van der Waals surface area contributed by atoms with Crippen molar-refractivity contribution >= 4 is 23.2 Å². The fourth-order valence-corrected chi connectivity index (χ4v) is 2.16. The highest BCUT2D eigenvalue weighted by molar-refractivity contribution is 6.31. The number of rotatable bonds is 7. The van der Waals surface area contributed by atoms with Crippen LogP contribution in [0, 0.1) is 6.92 Å². The number of halogens is 1. The molecule has 0 heterocycles. The number of carbonyl (C=O) groups excluding carboxylic acids is 1. The summed E-state index contributed by atoms with van der Waals surface area (Å²) in [5.41, 5.74) is 1.91. The van der Waals surface area contributed by atoms with Gasteiger partial charge in [0.2, 0.25) is 5.91 Å². The molecule has 0 spiro atoms. The summed E-state index contributed by atoms with van der Waals surface area (Å²) in [7, 11) is 0. The van der Waals surface area contributed by atoms with Gasteiger partial charge in [-0.25, -0.2) is 0 Å². The zero-order valence-electron chi connectivity index (χ0n) is 12.0. The lowest BCUT2D eigenvalue weighted by Gasteiger charge is -2.22. The summed E-state index contributed by atoms with van der Waals surface area (Å²) in [5, 5.41) is 3.89. The fourth-order valence-electron chi connectivity index (χ4n) is 1.98. The molecule has 1 aromatic rings. The van der Waals surface area contributed by atoms with Crippen LogP contribution in [0.5, 0.6) is 0 Å². The minimum Gasteiger partial charge on any atom is -0.376 e. The van der Waals surface area contributed by atoms with Crippen LogP contribution in [0.1, 0.15) is 32.3 Å². The lowest BCUT2D eigenvalue weighted by Crippen LogP contribution is -2.36. The molecular formula is C15H23ClN2O. The number of nitrogens with one attached hydrogen (secondary N) is 1. The van der Waals surface area contributed by atoms with Gasteiger partial charge >= 0.3 is 0 Å². The molecule has 0 saturated heterocycles. The molecule has 19 heavy (non-hydrogen) atoms. The number of benzene rings is 1. The lowest BCUT2D eigenvalue weighted by atomic mass is 10.2. The van der Waals surface area contributed by atoms with E-state index in [0.717, 1.165) is 42.2 Å². The number of amides is 1. The summed E-state index contributed by atoms with van der Waals surface area (Å²) in [6, 6.07) is 5.68. The zero-order valence-corrected chi connectivity index (χ0v) is 12.8. The highest BCUT2D eigenvalue weighted by Crippen LogP contribution is 2.22. The Morgan fingerprint density at radius 3 is 2.47 bits per heavy atom. The lowest BCUT2D eigenvalue weighted by molar-refractivity contribution is -0.129. The van der Waals surface area contributed by atoms with Gasteiger partial charge in [-0.3, -0.25) is 4.79 Å². The smallest absolute Gasteiger partial charge is 0.241 e. The van der Waals surface area contributed by atoms with Crippen LogP contribution in [-0.4, -0.2) is 30.4 Å². The molecule has 0 aliphatic carbocycles. The molecule has 3 nitrogen and oxygen atoms in total. The third-order valence-corrected chi connectivity index (χ3v) is 3.45. The molecular weight excluding hydrogens is 260 g/mol. The first kappa shape index (κ1) is 15.8. The van der Waals surface area contributed by atoms with Gasteiger partial charge in [-0.15, -0.1) is 0 Å². The van der Waals surface area contributed by atoms with Crippen LogP contribution in [0.3, 0.4) is 0 Å². The number of nitrogens with zero attached hydrogens (tertiary/aromatic N) is 1. The van der Waals surface area contributed by atoms with Crippen LogP contribution in [0.15, 0.2) is 18.2 Å². The van der Waals surface area contributed by atoms with E-state index in [1.807, 2.05) is 30.0 Å². The summed E-state index contributed by atoms with van der Waals surface area (Å²) in [5.74, 6) is 0.142. The van der Waals surface area contributed by atoms with Crippen molar-refractivity contribution in [1.82, 2.24) is 4.90 Å². The highest BCUT2D eigenvalue weighted by atomic mass is 35.5. The predicted molar refractivity (Wildman–Crippen MR) is 81.8 cm³/mol. The van der Waals surface area contributed by atoms with Crippen molar-refractivity contribution in [2.24, 2.45) is 0 Å². The van der Waals surface area contributed by atoms with E-state index in [2.05, 4.69) is 19.2 Å². The summed E-state index contributed by atoms with van der Waals surface area (Å²) in [4.78, 5) is 14.0. The van der Waals surface area contributed by atoms with E-state index in [1.165, 1.54) is 0 Å². The molecule has 0 aliphatic rings. The molecule has 0 radical (unpaired) electrons. The van der Waals surface area contributed by atoms with Crippen LogP contribution in [0.25, 0.3) is 0 Å². The quantitative estimate of drug-likeness (QED) is 0.827. The van der Waals surface area contributed by atoms with Crippen LogP contribution >= 0.6 is 11.6 Å². The van der Waals surface area contributed by atoms with Crippen molar-refractivity contribution in [2.45, 2.75) is 33.6 Å². The Kier molecular flexibility index (Phi) is 6.71. The summed E-state index contributed by atoms with van der Waals surface area (Å²) < 4.78 is 0. The van der Waals surface area contributed by atoms with Gasteiger partial charge in [0, 0.05) is 23.8 Å². The van der Waals surface area contributed by atoms with Crippen LogP contribution in [0.2, 0.25) is 5.02 Å². The van der Waals surface area contributed by atoms with E-state index < -0.39 is 0 Å². The monoisotopic (exact) mass is 282 g/mol. The number of anilines is 1. The first-order valence-corrected chi connectivity index (χ1v) is 7.24. The van der Waals surface area contributed by atoms with Crippen molar-refractivity contribution in [3.63, 3.8) is 0 Å².